The standard InChI is InChI=1S/C24H35N3S/c1-18-11-19(2)14-22(13-18)17-27(10-8-7-9-26(5)6)24(28)25-23-15-20(3)12-21(4)16-23/h11-16H,7-10,17H2,1-6H3,(H,25,28). The lowest BCUT2D eigenvalue weighted by atomic mass is 10.1. The minimum Gasteiger partial charge on any atom is -0.345 e. The van der Waals surface area contributed by atoms with Gasteiger partial charge in [0.15, 0.2) is 5.11 Å². The van der Waals surface area contributed by atoms with E-state index in [1.807, 2.05) is 0 Å². The Morgan fingerprint density at radius 1 is 0.786 bits per heavy atom. The minimum absolute atomic E-state index is 0.800. The van der Waals surface area contributed by atoms with Crippen molar-refractivity contribution in [3.05, 3.63) is 64.2 Å². The monoisotopic (exact) mass is 397 g/mol. The van der Waals surface area contributed by atoms with Crippen LogP contribution < -0.4 is 5.32 Å². The predicted molar refractivity (Wildman–Crippen MR) is 126 cm³/mol. The minimum atomic E-state index is 0.800. The molecule has 3 nitrogen and oxygen atoms in total. The highest BCUT2D eigenvalue weighted by molar-refractivity contribution is 7.80. The molecule has 0 radical (unpaired) electrons. The van der Waals surface area contributed by atoms with E-state index in [-0.39, 0.29) is 0 Å². The second-order valence-electron chi connectivity index (χ2n) is 8.23. The fourth-order valence-corrected chi connectivity index (χ4v) is 3.89. The third-order valence-electron chi connectivity index (χ3n) is 4.70. The summed E-state index contributed by atoms with van der Waals surface area (Å²) < 4.78 is 0. The zero-order chi connectivity index (χ0) is 20.7. The van der Waals surface area contributed by atoms with Crippen LogP contribution in [0.2, 0.25) is 0 Å². The van der Waals surface area contributed by atoms with Crippen LogP contribution in [0.3, 0.4) is 0 Å². The van der Waals surface area contributed by atoms with Gasteiger partial charge < -0.3 is 15.1 Å². The number of nitrogens with one attached hydrogen (secondary N) is 1. The summed E-state index contributed by atoms with van der Waals surface area (Å²) in [5.41, 5.74) is 7.48. The van der Waals surface area contributed by atoms with E-state index in [2.05, 4.69) is 93.3 Å². The van der Waals surface area contributed by atoms with Crippen molar-refractivity contribution in [2.75, 3.05) is 32.5 Å². The number of aryl methyl sites for hydroxylation is 4. The van der Waals surface area contributed by atoms with Gasteiger partial charge in [0.1, 0.15) is 0 Å². The summed E-state index contributed by atoms with van der Waals surface area (Å²) in [6.07, 6.45) is 2.29. The highest BCUT2D eigenvalue weighted by Gasteiger charge is 2.12. The van der Waals surface area contributed by atoms with Crippen molar-refractivity contribution in [1.82, 2.24) is 9.80 Å². The topological polar surface area (TPSA) is 18.5 Å². The van der Waals surface area contributed by atoms with Crippen LogP contribution in [0.5, 0.6) is 0 Å². The largest absolute Gasteiger partial charge is 0.345 e. The number of unbranched alkanes of at least 4 members (excludes halogenated alkanes) is 1. The van der Waals surface area contributed by atoms with Gasteiger partial charge in [-0.25, -0.2) is 0 Å². The molecule has 0 heterocycles. The predicted octanol–water partition coefficient (Wildman–Crippen LogP) is 5.46. The van der Waals surface area contributed by atoms with Gasteiger partial charge in [0.25, 0.3) is 0 Å². The van der Waals surface area contributed by atoms with Crippen molar-refractivity contribution in [1.29, 1.82) is 0 Å². The maximum absolute atomic E-state index is 5.81. The molecule has 28 heavy (non-hydrogen) atoms. The molecule has 0 saturated carbocycles. The van der Waals surface area contributed by atoms with Crippen molar-refractivity contribution >= 4 is 23.0 Å². The Kier molecular flexibility index (Phi) is 8.46. The Hall–Kier alpha value is -1.91. The van der Waals surface area contributed by atoms with Crippen molar-refractivity contribution in [2.24, 2.45) is 0 Å². The Morgan fingerprint density at radius 2 is 1.29 bits per heavy atom. The van der Waals surface area contributed by atoms with E-state index in [1.165, 1.54) is 34.2 Å². The number of anilines is 1. The van der Waals surface area contributed by atoms with Crippen LogP contribution in [0.15, 0.2) is 36.4 Å². The Morgan fingerprint density at radius 3 is 1.82 bits per heavy atom. The van der Waals surface area contributed by atoms with Crippen LogP contribution >= 0.6 is 12.2 Å². The van der Waals surface area contributed by atoms with Gasteiger partial charge in [-0.2, -0.15) is 0 Å². The average Bonchev–Trinajstić information content (AvgIpc) is 2.55. The first-order chi connectivity index (χ1) is 13.2. The fraction of sp³-hybridized carbons (Fsp3) is 0.458. The zero-order valence-electron chi connectivity index (χ0n) is 18.3. The summed E-state index contributed by atoms with van der Waals surface area (Å²) in [5, 5.41) is 4.27. The van der Waals surface area contributed by atoms with Crippen molar-refractivity contribution in [3.63, 3.8) is 0 Å². The maximum atomic E-state index is 5.81. The molecule has 2 aromatic carbocycles. The van der Waals surface area contributed by atoms with Crippen LogP contribution in [-0.4, -0.2) is 42.1 Å². The molecule has 0 amide bonds. The number of rotatable bonds is 8. The second kappa shape index (κ2) is 10.6. The SMILES string of the molecule is Cc1cc(C)cc(CN(CCCCN(C)C)C(=S)Nc2cc(C)cc(C)c2)c1. The van der Waals surface area contributed by atoms with Gasteiger partial charge in [0.2, 0.25) is 0 Å². The summed E-state index contributed by atoms with van der Waals surface area (Å²) >= 11 is 5.81. The highest BCUT2D eigenvalue weighted by Crippen LogP contribution is 2.17. The number of nitrogens with zero attached hydrogens (tertiary/aromatic N) is 2. The summed E-state index contributed by atoms with van der Waals surface area (Å²) in [5.74, 6) is 0. The van der Waals surface area contributed by atoms with Crippen molar-refractivity contribution < 1.29 is 0 Å². The van der Waals surface area contributed by atoms with Crippen LogP contribution in [-0.2, 0) is 6.54 Å². The Balaban J connectivity index is 2.12. The molecule has 2 rings (SSSR count). The second-order valence-corrected chi connectivity index (χ2v) is 8.62. The van der Waals surface area contributed by atoms with Gasteiger partial charge in [-0.1, -0.05) is 35.4 Å². The lowest BCUT2D eigenvalue weighted by molar-refractivity contribution is 0.359. The normalized spacial score (nSPS) is 11.0. The highest BCUT2D eigenvalue weighted by atomic mass is 32.1. The molecule has 0 atom stereocenters. The van der Waals surface area contributed by atoms with Crippen LogP contribution in [0.25, 0.3) is 0 Å². The molecule has 0 bridgehead atoms. The molecular formula is C24H35N3S. The first kappa shape index (κ1) is 22.4. The molecule has 2 aromatic rings. The zero-order valence-corrected chi connectivity index (χ0v) is 19.1. The molecule has 4 heteroatoms. The third kappa shape index (κ3) is 7.61. The first-order valence-electron chi connectivity index (χ1n) is 10.1. The van der Waals surface area contributed by atoms with E-state index in [0.717, 1.165) is 36.9 Å². The molecule has 0 saturated heterocycles. The smallest absolute Gasteiger partial charge is 0.173 e. The molecule has 1 N–H and O–H groups in total. The summed E-state index contributed by atoms with van der Waals surface area (Å²) in [6.45, 7) is 11.5. The van der Waals surface area contributed by atoms with E-state index in [9.17, 15) is 0 Å². The van der Waals surface area contributed by atoms with Crippen LogP contribution in [0, 0.1) is 27.7 Å². The summed E-state index contributed by atoms with van der Waals surface area (Å²) in [7, 11) is 4.25. The average molecular weight is 398 g/mol. The fourth-order valence-electron chi connectivity index (χ4n) is 3.61. The number of benzene rings is 2. The van der Waals surface area contributed by atoms with Gasteiger partial charge in [0, 0.05) is 18.8 Å². The van der Waals surface area contributed by atoms with Gasteiger partial charge in [-0.05, 0) is 102 Å². The number of hydrogen-bond donors (Lipinski definition) is 1. The van der Waals surface area contributed by atoms with Gasteiger partial charge in [0.05, 0.1) is 0 Å². The van der Waals surface area contributed by atoms with Gasteiger partial charge in [-0.3, -0.25) is 0 Å². The molecule has 0 spiro atoms. The Bertz CT molecular complexity index is 758. The summed E-state index contributed by atoms with van der Waals surface area (Å²) in [4.78, 5) is 4.54. The lowest BCUT2D eigenvalue weighted by Crippen LogP contribution is -2.35. The first-order valence-corrected chi connectivity index (χ1v) is 10.5. The Labute approximate surface area is 176 Å². The lowest BCUT2D eigenvalue weighted by Gasteiger charge is -2.27. The molecule has 0 aliphatic heterocycles. The molecule has 0 fully saturated rings. The van der Waals surface area contributed by atoms with Crippen molar-refractivity contribution in [3.8, 4) is 0 Å². The molecule has 0 aliphatic rings. The molecule has 0 unspecified atom stereocenters. The third-order valence-corrected chi connectivity index (χ3v) is 5.06. The van der Waals surface area contributed by atoms with E-state index in [4.69, 9.17) is 12.2 Å². The van der Waals surface area contributed by atoms with Crippen LogP contribution in [0.4, 0.5) is 5.69 Å². The maximum Gasteiger partial charge on any atom is 0.173 e. The van der Waals surface area contributed by atoms with E-state index in [1.54, 1.807) is 0 Å². The number of thiocarbonyl (C=S) groups is 1. The molecular weight excluding hydrogens is 362 g/mol. The molecule has 0 aliphatic carbocycles. The van der Waals surface area contributed by atoms with Crippen molar-refractivity contribution in [2.45, 2.75) is 47.1 Å². The van der Waals surface area contributed by atoms with Gasteiger partial charge in [-0.15, -0.1) is 0 Å². The molecule has 152 valence electrons. The van der Waals surface area contributed by atoms with E-state index in [0.29, 0.717) is 0 Å². The van der Waals surface area contributed by atoms with E-state index < -0.39 is 0 Å². The quantitative estimate of drug-likeness (QED) is 0.471. The van der Waals surface area contributed by atoms with E-state index >= 15 is 0 Å². The van der Waals surface area contributed by atoms with Gasteiger partial charge >= 0.3 is 0 Å². The molecule has 0 aromatic heterocycles. The number of hydrogen-bond acceptors (Lipinski definition) is 2. The summed E-state index contributed by atoms with van der Waals surface area (Å²) in [6, 6.07) is 13.2. The van der Waals surface area contributed by atoms with Crippen LogP contribution in [0.1, 0.15) is 40.7 Å².